The van der Waals surface area contributed by atoms with Crippen LogP contribution >= 0.6 is 0 Å². The summed E-state index contributed by atoms with van der Waals surface area (Å²) in [5, 5.41) is 2.81. The Morgan fingerprint density at radius 3 is 2.22 bits per heavy atom. The summed E-state index contributed by atoms with van der Waals surface area (Å²) in [7, 11) is -3.60. The van der Waals surface area contributed by atoms with Gasteiger partial charge >= 0.3 is 0 Å². The standard InChI is InChI=1S/C25H32N2O4S/c1-16(2)31-22-10-6-19(7-11-22)25(28)26-21-8-12-23(13-9-21)32(29,30)27-17(3)24-15-18-4-5-20(24)14-18/h6-13,16-18,20,24,27H,4-5,14-15H2,1-3H3,(H,26,28)/t17-,18+,20+,24-/m0/s1. The summed E-state index contributed by atoms with van der Waals surface area (Å²) in [6.45, 7) is 5.87. The normalized spacial score (nSPS) is 23.3. The quantitative estimate of drug-likeness (QED) is 0.596. The summed E-state index contributed by atoms with van der Waals surface area (Å²) in [5.74, 6) is 2.30. The van der Waals surface area contributed by atoms with Crippen molar-refractivity contribution in [2.75, 3.05) is 5.32 Å². The average molecular weight is 457 g/mol. The van der Waals surface area contributed by atoms with Gasteiger partial charge in [0.25, 0.3) is 5.91 Å². The van der Waals surface area contributed by atoms with E-state index in [0.29, 0.717) is 28.8 Å². The van der Waals surface area contributed by atoms with Crippen molar-refractivity contribution in [3.05, 3.63) is 54.1 Å². The van der Waals surface area contributed by atoms with Gasteiger partial charge in [0.15, 0.2) is 0 Å². The van der Waals surface area contributed by atoms with E-state index in [4.69, 9.17) is 4.74 Å². The van der Waals surface area contributed by atoms with E-state index < -0.39 is 10.0 Å². The van der Waals surface area contributed by atoms with E-state index in [-0.39, 0.29) is 22.9 Å². The summed E-state index contributed by atoms with van der Waals surface area (Å²) in [5.41, 5.74) is 1.04. The topological polar surface area (TPSA) is 84.5 Å². The lowest BCUT2D eigenvalue weighted by molar-refractivity contribution is 0.102. The first-order chi connectivity index (χ1) is 15.2. The smallest absolute Gasteiger partial charge is 0.255 e. The van der Waals surface area contributed by atoms with Crippen LogP contribution in [0.1, 0.15) is 56.8 Å². The first kappa shape index (κ1) is 22.8. The molecule has 2 aromatic rings. The van der Waals surface area contributed by atoms with Gasteiger partial charge in [0.05, 0.1) is 11.0 Å². The van der Waals surface area contributed by atoms with Crippen LogP contribution in [-0.2, 0) is 10.0 Å². The Balaban J connectivity index is 1.36. The van der Waals surface area contributed by atoms with E-state index in [1.54, 1.807) is 36.4 Å². The molecule has 0 radical (unpaired) electrons. The molecule has 0 saturated heterocycles. The third-order valence-corrected chi connectivity index (χ3v) is 8.26. The van der Waals surface area contributed by atoms with Gasteiger partial charge in [-0.2, -0.15) is 0 Å². The van der Waals surface area contributed by atoms with Crippen molar-refractivity contribution in [3.63, 3.8) is 0 Å². The van der Waals surface area contributed by atoms with Crippen molar-refractivity contribution in [1.82, 2.24) is 4.72 Å². The molecule has 2 aliphatic carbocycles. The summed E-state index contributed by atoms with van der Waals surface area (Å²) in [4.78, 5) is 12.7. The van der Waals surface area contributed by atoms with Gasteiger partial charge in [-0.3, -0.25) is 4.79 Å². The number of anilines is 1. The van der Waals surface area contributed by atoms with Crippen LogP contribution in [0.15, 0.2) is 53.4 Å². The van der Waals surface area contributed by atoms with Gasteiger partial charge in [-0.05, 0) is 106 Å². The Bertz CT molecular complexity index is 1050. The van der Waals surface area contributed by atoms with E-state index in [9.17, 15) is 13.2 Å². The number of benzene rings is 2. The van der Waals surface area contributed by atoms with Gasteiger partial charge < -0.3 is 10.1 Å². The molecule has 6 nitrogen and oxygen atoms in total. The minimum atomic E-state index is -3.60. The first-order valence-corrected chi connectivity index (χ1v) is 12.9. The highest BCUT2D eigenvalue weighted by atomic mass is 32.2. The second-order valence-electron chi connectivity index (χ2n) is 9.42. The number of sulfonamides is 1. The Morgan fingerprint density at radius 1 is 0.969 bits per heavy atom. The summed E-state index contributed by atoms with van der Waals surface area (Å²) < 4.78 is 34.2. The van der Waals surface area contributed by atoms with Gasteiger partial charge in [0.2, 0.25) is 10.0 Å². The Labute approximate surface area is 190 Å². The first-order valence-electron chi connectivity index (χ1n) is 11.4. The fraction of sp³-hybridized carbons (Fsp3) is 0.480. The maximum atomic E-state index is 12.9. The van der Waals surface area contributed by atoms with Gasteiger partial charge in [-0.15, -0.1) is 0 Å². The van der Waals surface area contributed by atoms with Crippen molar-refractivity contribution >= 4 is 21.6 Å². The van der Waals surface area contributed by atoms with Gasteiger partial charge in [0, 0.05) is 17.3 Å². The molecule has 2 N–H and O–H groups in total. The van der Waals surface area contributed by atoms with Crippen molar-refractivity contribution in [2.24, 2.45) is 17.8 Å². The minimum Gasteiger partial charge on any atom is -0.491 e. The number of carbonyl (C=O) groups excluding carboxylic acids is 1. The van der Waals surface area contributed by atoms with Crippen LogP contribution in [0.2, 0.25) is 0 Å². The minimum absolute atomic E-state index is 0.0650. The summed E-state index contributed by atoms with van der Waals surface area (Å²) in [6, 6.07) is 13.1. The highest BCUT2D eigenvalue weighted by Gasteiger charge is 2.42. The number of fused-ring (bicyclic) bond motifs is 2. The molecule has 2 aliphatic rings. The molecule has 0 spiro atoms. The van der Waals surface area contributed by atoms with Crippen LogP contribution < -0.4 is 14.8 Å². The van der Waals surface area contributed by atoms with E-state index in [1.807, 2.05) is 20.8 Å². The van der Waals surface area contributed by atoms with E-state index in [1.165, 1.54) is 31.4 Å². The molecule has 0 heterocycles. The van der Waals surface area contributed by atoms with Crippen LogP contribution in [0.25, 0.3) is 0 Å². The van der Waals surface area contributed by atoms with Gasteiger partial charge in [0.1, 0.15) is 5.75 Å². The summed E-state index contributed by atoms with van der Waals surface area (Å²) in [6.07, 6.45) is 4.96. The fourth-order valence-corrected chi connectivity index (χ4v) is 6.48. The van der Waals surface area contributed by atoms with E-state index in [0.717, 1.165) is 12.3 Å². The van der Waals surface area contributed by atoms with E-state index >= 15 is 0 Å². The SMILES string of the molecule is CC(C)Oc1ccc(C(=O)Nc2ccc(S(=O)(=O)N[C@@H](C)[C@@H]3C[C@@H]4CC[C@@H]3C4)cc2)cc1. The maximum Gasteiger partial charge on any atom is 0.255 e. The number of hydrogen-bond donors (Lipinski definition) is 2. The molecule has 1 amide bonds. The molecule has 172 valence electrons. The zero-order valence-corrected chi connectivity index (χ0v) is 19.7. The van der Waals surface area contributed by atoms with Crippen LogP contribution in [-0.4, -0.2) is 26.5 Å². The zero-order chi connectivity index (χ0) is 22.9. The van der Waals surface area contributed by atoms with Crippen LogP contribution in [0, 0.1) is 17.8 Å². The van der Waals surface area contributed by atoms with E-state index in [2.05, 4.69) is 10.0 Å². The fourth-order valence-electron chi connectivity index (χ4n) is 5.18. The Hall–Kier alpha value is -2.38. The number of hydrogen-bond acceptors (Lipinski definition) is 4. The second-order valence-corrected chi connectivity index (χ2v) is 11.1. The predicted molar refractivity (Wildman–Crippen MR) is 125 cm³/mol. The molecule has 2 fully saturated rings. The molecule has 4 atom stereocenters. The Morgan fingerprint density at radius 2 is 1.66 bits per heavy atom. The molecule has 2 saturated carbocycles. The van der Waals surface area contributed by atoms with Crippen LogP contribution in [0.5, 0.6) is 5.75 Å². The molecule has 0 unspecified atom stereocenters. The number of ether oxygens (including phenoxy) is 1. The van der Waals surface area contributed by atoms with Crippen molar-refractivity contribution in [2.45, 2.75) is 63.5 Å². The van der Waals surface area contributed by atoms with Crippen LogP contribution in [0.4, 0.5) is 5.69 Å². The lowest BCUT2D eigenvalue weighted by Gasteiger charge is -2.28. The molecular weight excluding hydrogens is 424 g/mol. The lowest BCUT2D eigenvalue weighted by atomic mass is 9.84. The van der Waals surface area contributed by atoms with Crippen molar-refractivity contribution in [1.29, 1.82) is 0 Å². The molecular formula is C25H32N2O4S. The summed E-state index contributed by atoms with van der Waals surface area (Å²) >= 11 is 0. The number of amides is 1. The highest BCUT2D eigenvalue weighted by Crippen LogP contribution is 2.49. The zero-order valence-electron chi connectivity index (χ0n) is 18.9. The molecule has 2 aromatic carbocycles. The Kier molecular flexibility index (Phi) is 6.58. The third-order valence-electron chi connectivity index (χ3n) is 6.69. The lowest BCUT2D eigenvalue weighted by Crippen LogP contribution is -2.40. The largest absolute Gasteiger partial charge is 0.491 e. The molecule has 7 heteroatoms. The number of rotatable bonds is 8. The molecule has 2 bridgehead atoms. The number of carbonyl (C=O) groups is 1. The highest BCUT2D eigenvalue weighted by molar-refractivity contribution is 7.89. The van der Waals surface area contributed by atoms with Crippen molar-refractivity contribution < 1.29 is 17.9 Å². The predicted octanol–water partition coefficient (Wildman–Crippen LogP) is 4.83. The monoisotopic (exact) mass is 456 g/mol. The molecule has 0 aliphatic heterocycles. The molecule has 0 aromatic heterocycles. The van der Waals surface area contributed by atoms with Crippen molar-refractivity contribution in [3.8, 4) is 5.75 Å². The molecule has 4 rings (SSSR count). The van der Waals surface area contributed by atoms with Gasteiger partial charge in [-0.25, -0.2) is 13.1 Å². The third kappa shape index (κ3) is 5.15. The second kappa shape index (κ2) is 9.24. The molecule has 32 heavy (non-hydrogen) atoms. The maximum absolute atomic E-state index is 12.9. The van der Waals surface area contributed by atoms with Gasteiger partial charge in [-0.1, -0.05) is 6.42 Å². The number of nitrogens with one attached hydrogen (secondary N) is 2. The van der Waals surface area contributed by atoms with Crippen LogP contribution in [0.3, 0.4) is 0 Å². The average Bonchev–Trinajstić information content (AvgIpc) is 3.38.